The van der Waals surface area contributed by atoms with Gasteiger partial charge >= 0.3 is 5.97 Å². The first-order valence-corrected chi connectivity index (χ1v) is 11.0. The summed E-state index contributed by atoms with van der Waals surface area (Å²) in [5, 5.41) is 2.72. The summed E-state index contributed by atoms with van der Waals surface area (Å²) in [7, 11) is 0. The molecule has 0 atom stereocenters. The number of carbonyl (C=O) groups is 2. The lowest BCUT2D eigenvalue weighted by molar-refractivity contribution is -0.154. The van der Waals surface area contributed by atoms with E-state index in [1.54, 1.807) is 0 Å². The summed E-state index contributed by atoms with van der Waals surface area (Å²) >= 11 is 0. The minimum Gasteiger partial charge on any atom is -0.484 e. The van der Waals surface area contributed by atoms with Crippen LogP contribution in [0.3, 0.4) is 0 Å². The molecule has 1 aliphatic heterocycles. The van der Waals surface area contributed by atoms with Crippen molar-refractivity contribution in [1.29, 1.82) is 0 Å². The van der Waals surface area contributed by atoms with Crippen LogP contribution in [0.15, 0.2) is 18.2 Å². The summed E-state index contributed by atoms with van der Waals surface area (Å²) in [6.45, 7) is 9.40. The SMILES string of the molecule is CCNC(=O)COc1ccc2nc(CCC(=O)OC(C)(C)C)n(C3CCOCC3)c2c1. The molecule has 0 aliphatic carbocycles. The summed E-state index contributed by atoms with van der Waals surface area (Å²) in [4.78, 5) is 28.8. The number of amides is 1. The van der Waals surface area contributed by atoms with E-state index in [4.69, 9.17) is 19.2 Å². The number of nitrogens with zero attached hydrogens (tertiary/aromatic N) is 2. The highest BCUT2D eigenvalue weighted by molar-refractivity contribution is 5.79. The molecule has 1 N–H and O–H groups in total. The number of fused-ring (bicyclic) bond motifs is 1. The van der Waals surface area contributed by atoms with E-state index in [1.165, 1.54) is 0 Å². The van der Waals surface area contributed by atoms with Crippen molar-refractivity contribution in [3.63, 3.8) is 0 Å². The largest absolute Gasteiger partial charge is 0.484 e. The number of hydrogen-bond acceptors (Lipinski definition) is 6. The van der Waals surface area contributed by atoms with Gasteiger partial charge in [0.15, 0.2) is 6.61 Å². The molecule has 0 unspecified atom stereocenters. The topological polar surface area (TPSA) is 91.7 Å². The van der Waals surface area contributed by atoms with Crippen LogP contribution in [0.2, 0.25) is 0 Å². The Morgan fingerprint density at radius 3 is 2.68 bits per heavy atom. The van der Waals surface area contributed by atoms with Crippen molar-refractivity contribution in [3.05, 3.63) is 24.0 Å². The van der Waals surface area contributed by atoms with Gasteiger partial charge in [0.25, 0.3) is 5.91 Å². The molecule has 0 saturated carbocycles. The highest BCUT2D eigenvalue weighted by Gasteiger charge is 2.23. The molecular formula is C23H33N3O5. The van der Waals surface area contributed by atoms with Crippen molar-refractivity contribution < 1.29 is 23.8 Å². The molecule has 8 heteroatoms. The summed E-state index contributed by atoms with van der Waals surface area (Å²) in [5.74, 6) is 1.09. The summed E-state index contributed by atoms with van der Waals surface area (Å²) in [5.41, 5.74) is 1.28. The van der Waals surface area contributed by atoms with Gasteiger partial charge in [-0.25, -0.2) is 4.98 Å². The first-order valence-electron chi connectivity index (χ1n) is 11.0. The molecule has 2 heterocycles. The van der Waals surface area contributed by atoms with Crippen molar-refractivity contribution in [2.45, 2.75) is 65.0 Å². The Morgan fingerprint density at radius 2 is 2.00 bits per heavy atom. The van der Waals surface area contributed by atoms with Crippen LogP contribution in [-0.4, -0.2) is 53.4 Å². The fourth-order valence-corrected chi connectivity index (χ4v) is 3.74. The number of esters is 1. The molecule has 0 spiro atoms. The number of ether oxygens (including phenoxy) is 3. The summed E-state index contributed by atoms with van der Waals surface area (Å²) < 4.78 is 18.9. The van der Waals surface area contributed by atoms with Crippen LogP contribution in [0.1, 0.15) is 58.8 Å². The van der Waals surface area contributed by atoms with Crippen molar-refractivity contribution in [1.82, 2.24) is 14.9 Å². The molecule has 0 bridgehead atoms. The van der Waals surface area contributed by atoms with Crippen molar-refractivity contribution in [2.75, 3.05) is 26.4 Å². The third-order valence-corrected chi connectivity index (χ3v) is 5.01. The van der Waals surface area contributed by atoms with Gasteiger partial charge in [-0.05, 0) is 52.7 Å². The lowest BCUT2D eigenvalue weighted by Crippen LogP contribution is -2.28. The van der Waals surface area contributed by atoms with Gasteiger partial charge in [0.2, 0.25) is 0 Å². The molecule has 0 radical (unpaired) electrons. The smallest absolute Gasteiger partial charge is 0.306 e. The second-order valence-electron chi connectivity index (χ2n) is 8.72. The quantitative estimate of drug-likeness (QED) is 0.646. The normalized spacial score (nSPS) is 15.1. The molecule has 31 heavy (non-hydrogen) atoms. The highest BCUT2D eigenvalue weighted by Crippen LogP contribution is 2.31. The third kappa shape index (κ3) is 6.43. The molecule has 3 rings (SSSR count). The second kappa shape index (κ2) is 10.1. The first kappa shape index (κ1) is 23.1. The predicted octanol–water partition coefficient (Wildman–Crippen LogP) is 3.18. The van der Waals surface area contributed by atoms with Crippen molar-refractivity contribution in [2.24, 2.45) is 0 Å². The van der Waals surface area contributed by atoms with E-state index < -0.39 is 5.60 Å². The van der Waals surface area contributed by atoms with E-state index in [0.717, 1.165) is 29.7 Å². The van der Waals surface area contributed by atoms with E-state index >= 15 is 0 Å². The van der Waals surface area contributed by atoms with Crippen LogP contribution in [0.25, 0.3) is 11.0 Å². The van der Waals surface area contributed by atoms with Gasteiger partial charge in [-0.15, -0.1) is 0 Å². The Labute approximate surface area is 183 Å². The fraction of sp³-hybridized carbons (Fsp3) is 0.609. The number of hydrogen-bond donors (Lipinski definition) is 1. The second-order valence-corrected chi connectivity index (χ2v) is 8.72. The van der Waals surface area contributed by atoms with Crippen LogP contribution >= 0.6 is 0 Å². The zero-order valence-electron chi connectivity index (χ0n) is 18.9. The van der Waals surface area contributed by atoms with Gasteiger partial charge in [-0.2, -0.15) is 0 Å². The van der Waals surface area contributed by atoms with Crippen LogP contribution in [0.4, 0.5) is 0 Å². The van der Waals surface area contributed by atoms with Crippen LogP contribution in [-0.2, 0) is 25.5 Å². The number of aromatic nitrogens is 2. The predicted molar refractivity (Wildman–Crippen MR) is 117 cm³/mol. The molecule has 170 valence electrons. The van der Waals surface area contributed by atoms with Crippen LogP contribution in [0.5, 0.6) is 5.75 Å². The first-order chi connectivity index (χ1) is 14.8. The number of benzene rings is 1. The number of carbonyl (C=O) groups excluding carboxylic acids is 2. The minimum atomic E-state index is -0.506. The Morgan fingerprint density at radius 1 is 1.26 bits per heavy atom. The molecular weight excluding hydrogens is 398 g/mol. The lowest BCUT2D eigenvalue weighted by atomic mass is 10.1. The number of nitrogens with one attached hydrogen (secondary N) is 1. The van der Waals surface area contributed by atoms with Gasteiger partial charge in [-0.1, -0.05) is 0 Å². The van der Waals surface area contributed by atoms with Crippen molar-refractivity contribution in [3.8, 4) is 5.75 Å². The standard InChI is InChI=1S/C23H33N3O5/c1-5-24-21(27)15-30-17-6-7-18-19(14-17)26(16-10-12-29-13-11-16)20(25-18)8-9-22(28)31-23(2,3)4/h6-7,14,16H,5,8-13,15H2,1-4H3,(H,24,27). The van der Waals surface area contributed by atoms with Gasteiger partial charge in [0.1, 0.15) is 17.2 Å². The summed E-state index contributed by atoms with van der Waals surface area (Å²) in [6.07, 6.45) is 2.53. The Hall–Kier alpha value is -2.61. The van der Waals surface area contributed by atoms with Gasteiger partial charge < -0.3 is 24.1 Å². The van der Waals surface area contributed by atoms with E-state index in [0.29, 0.717) is 31.9 Å². The molecule has 2 aromatic rings. The summed E-state index contributed by atoms with van der Waals surface area (Å²) in [6, 6.07) is 5.88. The molecule has 1 aromatic carbocycles. The zero-order valence-corrected chi connectivity index (χ0v) is 18.9. The molecule has 8 nitrogen and oxygen atoms in total. The highest BCUT2D eigenvalue weighted by atomic mass is 16.6. The lowest BCUT2D eigenvalue weighted by Gasteiger charge is -2.26. The molecule has 1 fully saturated rings. The molecule has 1 saturated heterocycles. The number of aryl methyl sites for hydroxylation is 1. The monoisotopic (exact) mass is 431 g/mol. The Bertz CT molecular complexity index is 910. The van der Waals surface area contributed by atoms with E-state index in [9.17, 15) is 9.59 Å². The molecule has 1 aromatic heterocycles. The van der Waals surface area contributed by atoms with E-state index in [1.807, 2.05) is 45.9 Å². The maximum Gasteiger partial charge on any atom is 0.306 e. The third-order valence-electron chi connectivity index (χ3n) is 5.01. The van der Waals surface area contributed by atoms with Gasteiger partial charge in [-0.3, -0.25) is 9.59 Å². The minimum absolute atomic E-state index is 0.0315. The van der Waals surface area contributed by atoms with Crippen LogP contribution in [0, 0.1) is 0 Å². The maximum absolute atomic E-state index is 12.3. The Kier molecular flexibility index (Phi) is 7.54. The average Bonchev–Trinajstić information content (AvgIpc) is 3.08. The van der Waals surface area contributed by atoms with Gasteiger partial charge in [0.05, 0.1) is 17.5 Å². The zero-order chi connectivity index (χ0) is 22.4. The van der Waals surface area contributed by atoms with Gasteiger partial charge in [0, 0.05) is 38.3 Å². The molecule has 1 amide bonds. The molecule has 1 aliphatic rings. The Balaban J connectivity index is 1.84. The number of imidazole rings is 1. The van der Waals surface area contributed by atoms with Crippen LogP contribution < -0.4 is 10.1 Å². The average molecular weight is 432 g/mol. The maximum atomic E-state index is 12.3. The van der Waals surface area contributed by atoms with E-state index in [2.05, 4.69) is 9.88 Å². The van der Waals surface area contributed by atoms with Crippen molar-refractivity contribution >= 4 is 22.9 Å². The van der Waals surface area contributed by atoms with E-state index in [-0.39, 0.29) is 30.9 Å². The number of likely N-dealkylation sites (N-methyl/N-ethyl adjacent to an activating group) is 1. The number of rotatable bonds is 8. The fourth-order valence-electron chi connectivity index (χ4n) is 3.74.